The first-order valence-corrected chi connectivity index (χ1v) is 4.24. The first kappa shape index (κ1) is 16.6. The van der Waals surface area contributed by atoms with E-state index in [1.54, 1.807) is 0 Å². The summed E-state index contributed by atoms with van der Waals surface area (Å²) in [7, 11) is 0. The van der Waals surface area contributed by atoms with Crippen LogP contribution in [0.1, 0.15) is 0 Å². The van der Waals surface area contributed by atoms with E-state index in [9.17, 15) is 0 Å². The van der Waals surface area contributed by atoms with Crippen molar-refractivity contribution in [3.8, 4) is 0 Å². The molecule has 2 nitrogen and oxygen atoms in total. The monoisotopic (exact) mass is 226 g/mol. The van der Waals surface area contributed by atoms with Gasteiger partial charge in [0.2, 0.25) is 0 Å². The molecule has 6 heteroatoms. The minimum absolute atomic E-state index is 0. The standard InChI is InChI=1S/C2H3N2.CH3.3ClH.Ti/c1-3-2-4-1;;;;;/h1H2,(H,3,4);1H3;3*1H;. The number of aliphatic imine (C=N–C) groups is 1. The molecule has 0 saturated carbocycles. The summed E-state index contributed by atoms with van der Waals surface area (Å²) in [6.45, 7) is 0.868. The van der Waals surface area contributed by atoms with Crippen molar-refractivity contribution >= 4 is 41.4 Å². The van der Waals surface area contributed by atoms with Crippen LogP contribution in [0, 0.1) is 0 Å². The number of hydrogen-bond donors (Lipinski definition) is 1. The van der Waals surface area contributed by atoms with Gasteiger partial charge in [-0.2, -0.15) is 0 Å². The minimum atomic E-state index is 0. The predicted octanol–water partition coefficient (Wildman–Crippen LogP) is 1.30. The number of nitrogens with zero attached hydrogens (tertiary/aromatic N) is 1. The van der Waals surface area contributed by atoms with E-state index in [2.05, 4.69) is 15.5 Å². The molecule has 0 spiro atoms. The summed E-state index contributed by atoms with van der Waals surface area (Å²) in [5.74, 6) is 0. The van der Waals surface area contributed by atoms with Crippen LogP contribution in [0.25, 0.3) is 0 Å². The predicted molar refractivity (Wildman–Crippen MR) is 43.0 cm³/mol. The first-order valence-electron chi connectivity index (χ1n) is 1.89. The van der Waals surface area contributed by atoms with Crippen LogP contribution in [0.3, 0.4) is 0 Å². The number of amidine groups is 1. The van der Waals surface area contributed by atoms with Crippen molar-refractivity contribution in [1.29, 1.82) is 0 Å². The van der Waals surface area contributed by atoms with Crippen LogP contribution >= 0.6 is 37.2 Å². The summed E-state index contributed by atoms with van der Waals surface area (Å²) in [6, 6.07) is 0. The van der Waals surface area contributed by atoms with Gasteiger partial charge in [-0.25, -0.2) is 0 Å². The molecule has 9 heavy (non-hydrogen) atoms. The molecule has 0 aromatic carbocycles. The summed E-state index contributed by atoms with van der Waals surface area (Å²) in [4.78, 5) is 4.05. The Morgan fingerprint density at radius 2 is 1.89 bits per heavy atom. The summed E-state index contributed by atoms with van der Waals surface area (Å²) >= 11 is 0.163. The fourth-order valence-electron chi connectivity index (χ4n) is 0.326. The van der Waals surface area contributed by atoms with E-state index in [0.29, 0.717) is 0 Å². The second-order valence-electron chi connectivity index (χ2n) is 1.09. The fourth-order valence-corrected chi connectivity index (χ4v) is 1.10. The van der Waals surface area contributed by atoms with Gasteiger partial charge in [0, 0.05) is 0 Å². The Kier molecular flexibility index (Phi) is 16.7. The van der Waals surface area contributed by atoms with E-state index < -0.39 is 0 Å². The maximum absolute atomic E-state index is 4.05. The van der Waals surface area contributed by atoms with Gasteiger partial charge in [0.1, 0.15) is 0 Å². The van der Waals surface area contributed by atoms with Gasteiger partial charge in [0.15, 0.2) is 0 Å². The van der Waals surface area contributed by atoms with Crippen molar-refractivity contribution in [3.05, 3.63) is 0 Å². The Labute approximate surface area is 82.4 Å². The molecular formula is C3H9Cl3N2Ti. The molecule has 0 bridgehead atoms. The molecule has 1 aliphatic heterocycles. The molecule has 0 aromatic rings. The van der Waals surface area contributed by atoms with E-state index in [1.165, 1.54) is 4.14 Å². The number of hydrogen-bond acceptors (Lipinski definition) is 2. The Balaban J connectivity index is -0.000000120. The van der Waals surface area contributed by atoms with E-state index in [0.717, 1.165) is 6.67 Å². The summed E-state index contributed by atoms with van der Waals surface area (Å²) < 4.78 is 1.27. The van der Waals surface area contributed by atoms with Gasteiger partial charge >= 0.3 is 45.5 Å². The van der Waals surface area contributed by atoms with Crippen molar-refractivity contribution in [2.24, 2.45) is 4.99 Å². The Bertz CT molecular complexity index is 87.1. The number of rotatable bonds is 1. The van der Waals surface area contributed by atoms with Crippen LogP contribution in [0.2, 0.25) is 5.23 Å². The van der Waals surface area contributed by atoms with Crippen molar-refractivity contribution in [1.82, 2.24) is 5.32 Å². The van der Waals surface area contributed by atoms with Crippen molar-refractivity contribution in [2.75, 3.05) is 6.67 Å². The van der Waals surface area contributed by atoms with E-state index in [1.807, 2.05) is 0 Å². The van der Waals surface area contributed by atoms with Crippen LogP contribution in [-0.2, 0) is 19.2 Å². The zero-order chi connectivity index (χ0) is 4.41. The Hall–Kier alpha value is 1.05. The Morgan fingerprint density at radius 3 is 1.89 bits per heavy atom. The third-order valence-electron chi connectivity index (χ3n) is 0.720. The summed E-state index contributed by atoms with van der Waals surface area (Å²) in [6.07, 6.45) is 0. The van der Waals surface area contributed by atoms with Crippen molar-refractivity contribution in [2.45, 2.75) is 5.23 Å². The van der Waals surface area contributed by atoms with Gasteiger partial charge in [0.25, 0.3) is 0 Å². The molecule has 0 saturated heterocycles. The van der Waals surface area contributed by atoms with E-state index >= 15 is 0 Å². The van der Waals surface area contributed by atoms with Gasteiger partial charge in [-0.15, -0.1) is 37.2 Å². The van der Waals surface area contributed by atoms with Crippen LogP contribution in [0.5, 0.6) is 0 Å². The van der Waals surface area contributed by atoms with Gasteiger partial charge in [-0.1, -0.05) is 0 Å². The zero-order valence-corrected chi connectivity index (χ0v) is 8.89. The molecule has 0 radical (unpaired) electrons. The van der Waals surface area contributed by atoms with Gasteiger partial charge < -0.3 is 0 Å². The molecule has 0 aromatic heterocycles. The van der Waals surface area contributed by atoms with Gasteiger partial charge in [0.05, 0.1) is 0 Å². The van der Waals surface area contributed by atoms with Crippen LogP contribution in [0.4, 0.5) is 0 Å². The van der Waals surface area contributed by atoms with E-state index in [-0.39, 0.29) is 56.4 Å². The topological polar surface area (TPSA) is 24.4 Å². The van der Waals surface area contributed by atoms with Crippen LogP contribution in [-0.4, -0.2) is 10.8 Å². The molecule has 1 heterocycles. The molecule has 56 valence electrons. The number of halogens is 3. The molecule has 0 unspecified atom stereocenters. The van der Waals surface area contributed by atoms with Crippen LogP contribution < -0.4 is 5.32 Å². The third kappa shape index (κ3) is 5.50. The SMILES string of the molecule is Cl.Cl.Cl.[CH3][Ti][C]1=NCN1. The van der Waals surface area contributed by atoms with Gasteiger partial charge in [-0.3, -0.25) is 0 Å². The molecule has 0 amide bonds. The van der Waals surface area contributed by atoms with Gasteiger partial charge in [-0.05, 0) is 0 Å². The zero-order valence-electron chi connectivity index (χ0n) is 4.88. The second-order valence-corrected chi connectivity index (χ2v) is 2.61. The molecule has 0 atom stereocenters. The second kappa shape index (κ2) is 9.05. The quantitative estimate of drug-likeness (QED) is 0.671. The normalized spacial score (nSPS) is 11.4. The molecule has 1 rings (SSSR count). The average molecular weight is 227 g/mol. The molecule has 0 aliphatic carbocycles. The first-order chi connectivity index (χ1) is 2.93. The fraction of sp³-hybridized carbons (Fsp3) is 0.667. The molecular weight excluding hydrogens is 218 g/mol. The van der Waals surface area contributed by atoms with Crippen molar-refractivity contribution in [3.63, 3.8) is 0 Å². The van der Waals surface area contributed by atoms with Crippen molar-refractivity contribution < 1.29 is 19.2 Å². The van der Waals surface area contributed by atoms with E-state index in [4.69, 9.17) is 0 Å². The molecule has 1 N–H and O–H groups in total. The summed E-state index contributed by atoms with van der Waals surface area (Å²) in [5.41, 5.74) is 0. The van der Waals surface area contributed by atoms with Crippen LogP contribution in [0.15, 0.2) is 4.99 Å². The molecule has 1 aliphatic rings. The third-order valence-corrected chi connectivity index (χ3v) is 1.98. The molecule has 0 fully saturated rings. The Morgan fingerprint density at radius 1 is 1.44 bits per heavy atom. The average Bonchev–Trinajstić information content (AvgIpc) is 1.31. The summed E-state index contributed by atoms with van der Waals surface area (Å²) in [5, 5.41) is 5.31. The maximum atomic E-state index is 4.05. The number of nitrogens with one attached hydrogen (secondary N) is 1.